The predicted octanol–water partition coefficient (Wildman–Crippen LogP) is 2.30. The fourth-order valence-corrected chi connectivity index (χ4v) is 0.691. The van der Waals surface area contributed by atoms with Crippen LogP contribution in [0.3, 0.4) is 0 Å². The number of pyridine rings is 1. The van der Waals surface area contributed by atoms with Crippen molar-refractivity contribution in [2.45, 2.75) is 6.18 Å². The van der Waals surface area contributed by atoms with Gasteiger partial charge in [0.05, 0.1) is 0 Å². The minimum atomic E-state index is -4.40. The zero-order valence-electron chi connectivity index (χ0n) is 6.02. The van der Waals surface area contributed by atoms with Crippen LogP contribution in [-0.4, -0.2) is 4.98 Å². The van der Waals surface area contributed by atoms with Crippen LogP contribution >= 0.6 is 0 Å². The summed E-state index contributed by atoms with van der Waals surface area (Å²) in [6.07, 6.45) is -4.40. The van der Waals surface area contributed by atoms with Gasteiger partial charge in [0.1, 0.15) is 11.5 Å². The largest absolute Gasteiger partial charge is 0.433 e. The molecule has 0 amide bonds. The van der Waals surface area contributed by atoms with Crippen molar-refractivity contribution in [1.29, 1.82) is 0 Å². The molecule has 1 aromatic heterocycles. The van der Waals surface area contributed by atoms with Crippen LogP contribution in [0.4, 0.5) is 19.0 Å². The number of rotatable bonds is 1. The van der Waals surface area contributed by atoms with Gasteiger partial charge in [0.25, 0.3) is 0 Å². The number of nitrogens with one attached hydrogen (secondary N) is 1. The van der Waals surface area contributed by atoms with Crippen LogP contribution < -0.4 is 5.32 Å². The van der Waals surface area contributed by atoms with Gasteiger partial charge in [-0.3, -0.25) is 0 Å². The molecule has 2 nitrogen and oxygen atoms in total. The molecule has 1 rings (SSSR count). The Morgan fingerprint density at radius 2 is 2.00 bits per heavy atom. The number of hydrogen-bond acceptors (Lipinski definition) is 2. The molecule has 0 saturated heterocycles. The van der Waals surface area contributed by atoms with Gasteiger partial charge < -0.3 is 5.32 Å². The molecule has 0 bridgehead atoms. The van der Waals surface area contributed by atoms with Gasteiger partial charge in [0.2, 0.25) is 0 Å². The summed E-state index contributed by atoms with van der Waals surface area (Å²) in [7, 11) is 3.20. The van der Waals surface area contributed by atoms with Crippen LogP contribution in [0.1, 0.15) is 5.69 Å². The lowest BCUT2D eigenvalue weighted by Gasteiger charge is -2.06. The molecule has 1 radical (unpaired) electrons. The number of alkyl halides is 3. The first kappa shape index (κ1) is 8.83. The van der Waals surface area contributed by atoms with E-state index in [1.807, 2.05) is 0 Å². The molecule has 0 fully saturated rings. The SMILES string of the molecule is [CH2]Nc1cccc(C(F)(F)F)n1. The van der Waals surface area contributed by atoms with Crippen molar-refractivity contribution in [2.24, 2.45) is 0 Å². The molecule has 0 spiro atoms. The number of aromatic nitrogens is 1. The fraction of sp³-hybridized carbons (Fsp3) is 0.143. The smallest absolute Gasteiger partial charge is 0.368 e. The molecule has 1 N–H and O–H groups in total. The molecule has 1 aromatic rings. The standard InChI is InChI=1S/C7H6F3N2/c1-11-6-4-2-3-5(12-6)7(8,9)10/h2-4H,1H2,(H,11,12). The average Bonchev–Trinajstić information content (AvgIpc) is 2.03. The first-order valence-corrected chi connectivity index (χ1v) is 3.11. The van der Waals surface area contributed by atoms with Gasteiger partial charge in [0.15, 0.2) is 0 Å². The zero-order chi connectivity index (χ0) is 9.19. The highest BCUT2D eigenvalue weighted by Gasteiger charge is 2.32. The molecule has 5 heteroatoms. The van der Waals surface area contributed by atoms with E-state index in [9.17, 15) is 13.2 Å². The molecule has 0 saturated carbocycles. The van der Waals surface area contributed by atoms with E-state index >= 15 is 0 Å². The molecule has 0 aromatic carbocycles. The van der Waals surface area contributed by atoms with Crippen molar-refractivity contribution < 1.29 is 13.2 Å². The molecule has 0 aliphatic rings. The lowest BCUT2D eigenvalue weighted by molar-refractivity contribution is -0.141. The van der Waals surface area contributed by atoms with Crippen molar-refractivity contribution in [1.82, 2.24) is 4.98 Å². The Morgan fingerprint density at radius 3 is 2.50 bits per heavy atom. The highest BCUT2D eigenvalue weighted by Crippen LogP contribution is 2.27. The van der Waals surface area contributed by atoms with Crippen LogP contribution in [0.25, 0.3) is 0 Å². The van der Waals surface area contributed by atoms with Crippen molar-refractivity contribution >= 4 is 5.82 Å². The highest BCUT2D eigenvalue weighted by atomic mass is 19.4. The summed E-state index contributed by atoms with van der Waals surface area (Å²) >= 11 is 0. The second kappa shape index (κ2) is 3.00. The van der Waals surface area contributed by atoms with Gasteiger partial charge in [-0.05, 0) is 12.1 Å². The van der Waals surface area contributed by atoms with Crippen molar-refractivity contribution in [3.05, 3.63) is 30.9 Å². The summed E-state index contributed by atoms with van der Waals surface area (Å²) in [5.74, 6) is 0.102. The van der Waals surface area contributed by atoms with Gasteiger partial charge in [0, 0.05) is 7.05 Å². The molecule has 12 heavy (non-hydrogen) atoms. The Kier molecular flexibility index (Phi) is 2.21. The van der Waals surface area contributed by atoms with E-state index in [2.05, 4.69) is 17.3 Å². The van der Waals surface area contributed by atoms with Crippen molar-refractivity contribution in [3.63, 3.8) is 0 Å². The van der Waals surface area contributed by atoms with Gasteiger partial charge in [-0.25, -0.2) is 4.98 Å². The third kappa shape index (κ3) is 1.87. The summed E-state index contributed by atoms with van der Waals surface area (Å²) in [6, 6.07) is 3.58. The lowest BCUT2D eigenvalue weighted by Crippen LogP contribution is -2.08. The third-order valence-electron chi connectivity index (χ3n) is 1.22. The molecule has 0 unspecified atom stereocenters. The van der Waals surface area contributed by atoms with E-state index in [0.29, 0.717) is 0 Å². The van der Waals surface area contributed by atoms with Gasteiger partial charge in [-0.2, -0.15) is 13.2 Å². The van der Waals surface area contributed by atoms with Crippen molar-refractivity contribution in [2.75, 3.05) is 5.32 Å². The van der Waals surface area contributed by atoms with E-state index in [1.165, 1.54) is 12.1 Å². The summed E-state index contributed by atoms with van der Waals surface area (Å²) in [5, 5.41) is 2.28. The van der Waals surface area contributed by atoms with E-state index in [4.69, 9.17) is 0 Å². The third-order valence-corrected chi connectivity index (χ3v) is 1.22. The second-order valence-corrected chi connectivity index (χ2v) is 2.08. The minimum Gasteiger partial charge on any atom is -0.368 e. The van der Waals surface area contributed by atoms with Crippen LogP contribution in [0, 0.1) is 7.05 Å². The fourth-order valence-electron chi connectivity index (χ4n) is 0.691. The number of anilines is 1. The Bertz CT molecular complexity index is 270. The molecule has 0 aliphatic carbocycles. The molecule has 0 aliphatic heterocycles. The van der Waals surface area contributed by atoms with E-state index < -0.39 is 11.9 Å². The van der Waals surface area contributed by atoms with E-state index in [1.54, 1.807) is 0 Å². The van der Waals surface area contributed by atoms with Crippen molar-refractivity contribution in [3.8, 4) is 0 Å². The van der Waals surface area contributed by atoms with Gasteiger partial charge in [-0.1, -0.05) is 6.07 Å². The Morgan fingerprint density at radius 1 is 1.33 bits per heavy atom. The molecule has 1 heterocycles. The summed E-state index contributed by atoms with van der Waals surface area (Å²) in [4.78, 5) is 3.26. The molecular formula is C7H6F3N2. The predicted molar refractivity (Wildman–Crippen MR) is 38.2 cm³/mol. The topological polar surface area (TPSA) is 24.9 Å². The van der Waals surface area contributed by atoms with Crippen LogP contribution in [0.15, 0.2) is 18.2 Å². The Labute approximate surface area is 67.4 Å². The quantitative estimate of drug-likeness (QED) is 0.708. The number of hydrogen-bond donors (Lipinski definition) is 1. The number of halogens is 3. The van der Waals surface area contributed by atoms with Gasteiger partial charge in [-0.15, -0.1) is 0 Å². The Hall–Kier alpha value is -1.26. The first-order valence-electron chi connectivity index (χ1n) is 3.11. The lowest BCUT2D eigenvalue weighted by atomic mass is 10.3. The minimum absolute atomic E-state index is 0.102. The summed E-state index contributed by atoms with van der Waals surface area (Å²) < 4.78 is 36.0. The number of nitrogens with zero attached hydrogens (tertiary/aromatic N) is 1. The maximum Gasteiger partial charge on any atom is 0.433 e. The normalized spacial score (nSPS) is 11.3. The highest BCUT2D eigenvalue weighted by molar-refractivity contribution is 5.35. The zero-order valence-corrected chi connectivity index (χ0v) is 6.02. The first-order chi connectivity index (χ1) is 5.54. The molecule has 0 atom stereocenters. The summed E-state index contributed by atoms with van der Waals surface area (Å²) in [6.45, 7) is 0. The van der Waals surface area contributed by atoms with Crippen LogP contribution in [-0.2, 0) is 6.18 Å². The average molecular weight is 175 g/mol. The monoisotopic (exact) mass is 175 g/mol. The maximum absolute atomic E-state index is 12.0. The molecule has 65 valence electrons. The maximum atomic E-state index is 12.0. The van der Waals surface area contributed by atoms with Crippen LogP contribution in [0.2, 0.25) is 0 Å². The van der Waals surface area contributed by atoms with Gasteiger partial charge >= 0.3 is 6.18 Å². The van der Waals surface area contributed by atoms with E-state index in [0.717, 1.165) is 6.07 Å². The summed E-state index contributed by atoms with van der Waals surface area (Å²) in [5.41, 5.74) is -0.920. The second-order valence-electron chi connectivity index (χ2n) is 2.08. The Balaban J connectivity index is 3.02. The molecular weight excluding hydrogens is 169 g/mol. The van der Waals surface area contributed by atoms with E-state index in [-0.39, 0.29) is 5.82 Å². The van der Waals surface area contributed by atoms with Crippen LogP contribution in [0.5, 0.6) is 0 Å².